The van der Waals surface area contributed by atoms with Crippen molar-refractivity contribution in [1.82, 2.24) is 5.32 Å². The van der Waals surface area contributed by atoms with Gasteiger partial charge in [0.2, 0.25) is 0 Å². The first-order valence-corrected chi connectivity index (χ1v) is 9.48. The molecule has 27 heavy (non-hydrogen) atoms. The van der Waals surface area contributed by atoms with Crippen molar-refractivity contribution < 1.29 is 24.2 Å². The first-order valence-electron chi connectivity index (χ1n) is 9.48. The van der Waals surface area contributed by atoms with Crippen LogP contribution >= 0.6 is 0 Å². The molecule has 3 atom stereocenters. The molecule has 1 saturated carbocycles. The number of ketones is 1. The van der Waals surface area contributed by atoms with Gasteiger partial charge < -0.3 is 19.9 Å². The van der Waals surface area contributed by atoms with Crippen LogP contribution in [0.5, 0.6) is 17.2 Å². The summed E-state index contributed by atoms with van der Waals surface area (Å²) < 4.78 is 11.3. The summed E-state index contributed by atoms with van der Waals surface area (Å²) in [5, 5.41) is 13.1. The number of rotatable bonds is 5. The number of aromatic hydroxyl groups is 1. The van der Waals surface area contributed by atoms with E-state index in [2.05, 4.69) is 17.5 Å². The first kappa shape index (κ1) is 17.9. The summed E-state index contributed by atoms with van der Waals surface area (Å²) in [6.45, 7) is 4.15. The number of benzene rings is 1. The zero-order valence-corrected chi connectivity index (χ0v) is 15.7. The number of allylic oxidation sites excluding steroid dienone is 2. The van der Waals surface area contributed by atoms with Crippen LogP contribution in [-0.2, 0) is 4.79 Å². The number of amides is 1. The zero-order valence-electron chi connectivity index (χ0n) is 15.7. The lowest BCUT2D eigenvalue weighted by Crippen LogP contribution is -2.36. The monoisotopic (exact) mass is 371 g/mol. The van der Waals surface area contributed by atoms with Crippen molar-refractivity contribution >= 4 is 11.7 Å². The lowest BCUT2D eigenvalue weighted by atomic mass is 9.92. The van der Waals surface area contributed by atoms with Crippen molar-refractivity contribution in [1.29, 1.82) is 0 Å². The van der Waals surface area contributed by atoms with Gasteiger partial charge in [0.15, 0.2) is 12.4 Å². The number of carbonyl (C=O) groups is 2. The average molecular weight is 371 g/mol. The minimum absolute atomic E-state index is 0.147. The molecule has 2 aliphatic carbocycles. The van der Waals surface area contributed by atoms with Gasteiger partial charge in [-0.1, -0.05) is 12.2 Å². The van der Waals surface area contributed by atoms with Gasteiger partial charge in [0.05, 0.1) is 6.42 Å². The summed E-state index contributed by atoms with van der Waals surface area (Å²) in [6, 6.07) is 2.91. The summed E-state index contributed by atoms with van der Waals surface area (Å²) in [7, 11) is 0. The van der Waals surface area contributed by atoms with E-state index in [4.69, 9.17) is 9.47 Å². The number of hydrogen-bond donors (Lipinski definition) is 2. The minimum Gasteiger partial charge on any atom is -0.507 e. The fourth-order valence-corrected chi connectivity index (χ4v) is 4.40. The summed E-state index contributed by atoms with van der Waals surface area (Å²) in [5.41, 5.74) is -0.461. The molecule has 1 aromatic carbocycles. The van der Waals surface area contributed by atoms with Crippen molar-refractivity contribution in [2.75, 3.05) is 13.2 Å². The molecule has 2 bridgehead atoms. The maximum atomic E-state index is 12.2. The first-order chi connectivity index (χ1) is 12.8. The van der Waals surface area contributed by atoms with Crippen molar-refractivity contribution in [3.8, 4) is 17.2 Å². The van der Waals surface area contributed by atoms with Crippen molar-refractivity contribution in [3.05, 3.63) is 29.8 Å². The molecule has 1 aromatic rings. The largest absolute Gasteiger partial charge is 0.507 e. The lowest BCUT2D eigenvalue weighted by Gasteiger charge is -2.32. The molecule has 0 aromatic heterocycles. The van der Waals surface area contributed by atoms with Gasteiger partial charge in [0, 0.05) is 18.7 Å². The van der Waals surface area contributed by atoms with Gasteiger partial charge in [-0.05, 0) is 44.4 Å². The summed E-state index contributed by atoms with van der Waals surface area (Å²) in [6.07, 6.45) is 7.10. The third-order valence-corrected chi connectivity index (χ3v) is 5.65. The number of phenols is 1. The van der Waals surface area contributed by atoms with Crippen LogP contribution in [0.3, 0.4) is 0 Å². The molecule has 0 radical (unpaired) electrons. The summed E-state index contributed by atoms with van der Waals surface area (Å²) in [5.74, 6) is 1.83. The van der Waals surface area contributed by atoms with E-state index in [0.29, 0.717) is 35.8 Å². The highest BCUT2D eigenvalue weighted by molar-refractivity contribution is 6.03. The number of hydrogen-bond acceptors (Lipinski definition) is 5. The number of fused-ring (bicyclic) bond motifs is 3. The van der Waals surface area contributed by atoms with Crippen LogP contribution in [0.2, 0.25) is 0 Å². The van der Waals surface area contributed by atoms with E-state index < -0.39 is 5.60 Å². The Kier molecular flexibility index (Phi) is 4.36. The molecule has 1 amide bonds. The number of carbonyl (C=O) groups excluding carboxylic acids is 2. The van der Waals surface area contributed by atoms with Crippen LogP contribution in [0.15, 0.2) is 24.3 Å². The van der Waals surface area contributed by atoms with Gasteiger partial charge in [0.1, 0.15) is 28.4 Å². The Morgan fingerprint density at radius 3 is 2.85 bits per heavy atom. The molecule has 3 aliphatic rings. The van der Waals surface area contributed by atoms with Gasteiger partial charge in [-0.2, -0.15) is 0 Å². The summed E-state index contributed by atoms with van der Waals surface area (Å²) in [4.78, 5) is 24.3. The van der Waals surface area contributed by atoms with Gasteiger partial charge >= 0.3 is 0 Å². The molecule has 1 heterocycles. The quantitative estimate of drug-likeness (QED) is 0.778. The predicted molar refractivity (Wildman–Crippen MR) is 99.1 cm³/mol. The number of nitrogens with one attached hydrogen (secondary N) is 1. The number of ether oxygens (including phenoxy) is 2. The van der Waals surface area contributed by atoms with E-state index in [-0.39, 0.29) is 36.0 Å². The van der Waals surface area contributed by atoms with Crippen LogP contribution in [0, 0.1) is 17.8 Å². The second-order valence-corrected chi connectivity index (χ2v) is 8.41. The molecule has 0 unspecified atom stereocenters. The standard InChI is InChI=1S/C21H25NO5/c1-21(2)9-17(24)20-16(23)7-15(8-18(20)27-21)26-11-19(25)22-10-14-6-12-3-4-13(14)5-12/h3-4,7-8,12-14,23H,5-6,9-11H2,1-2H3,(H,22,25)/t12-,13-,14-/m0/s1. The molecule has 1 aliphatic heterocycles. The third kappa shape index (κ3) is 3.66. The molecule has 4 rings (SSSR count). The second kappa shape index (κ2) is 6.59. The smallest absolute Gasteiger partial charge is 0.257 e. The Labute approximate surface area is 158 Å². The fraction of sp³-hybridized carbons (Fsp3) is 0.524. The van der Waals surface area contributed by atoms with Crippen LogP contribution < -0.4 is 14.8 Å². The number of phenolic OH excluding ortho intramolecular Hbond substituents is 1. The Morgan fingerprint density at radius 1 is 1.33 bits per heavy atom. The highest BCUT2D eigenvalue weighted by atomic mass is 16.5. The molecule has 2 N–H and O–H groups in total. The fourth-order valence-electron chi connectivity index (χ4n) is 4.40. The lowest BCUT2D eigenvalue weighted by molar-refractivity contribution is -0.123. The highest BCUT2D eigenvalue weighted by Crippen LogP contribution is 2.43. The number of Topliss-reactive ketones (excluding diaryl/α,β-unsaturated/α-hetero) is 1. The van der Waals surface area contributed by atoms with Gasteiger partial charge in [-0.25, -0.2) is 0 Å². The SMILES string of the molecule is CC1(C)CC(=O)c2c(O)cc(OCC(=O)NC[C@@H]3C[C@H]4C=C[C@H]3C4)cc2O1. The van der Waals surface area contributed by atoms with Crippen LogP contribution in [0.1, 0.15) is 43.5 Å². The Morgan fingerprint density at radius 2 is 2.15 bits per heavy atom. The van der Waals surface area contributed by atoms with Crippen molar-refractivity contribution in [2.24, 2.45) is 17.8 Å². The molecule has 0 spiro atoms. The van der Waals surface area contributed by atoms with E-state index >= 15 is 0 Å². The topological polar surface area (TPSA) is 84.9 Å². The molecular weight excluding hydrogens is 346 g/mol. The van der Waals surface area contributed by atoms with Crippen LogP contribution in [0.25, 0.3) is 0 Å². The van der Waals surface area contributed by atoms with E-state index in [1.165, 1.54) is 12.5 Å². The Balaban J connectivity index is 1.34. The third-order valence-electron chi connectivity index (χ3n) is 5.65. The molecule has 6 heteroatoms. The molecule has 0 saturated heterocycles. The van der Waals surface area contributed by atoms with E-state index in [1.54, 1.807) is 6.07 Å². The molecule has 6 nitrogen and oxygen atoms in total. The van der Waals surface area contributed by atoms with E-state index in [1.807, 2.05) is 13.8 Å². The van der Waals surface area contributed by atoms with Crippen LogP contribution in [0.4, 0.5) is 0 Å². The van der Waals surface area contributed by atoms with Gasteiger partial charge in [0.25, 0.3) is 5.91 Å². The average Bonchev–Trinajstić information content (AvgIpc) is 3.19. The Bertz CT molecular complexity index is 813. The van der Waals surface area contributed by atoms with E-state index in [9.17, 15) is 14.7 Å². The Hall–Kier alpha value is -2.50. The van der Waals surface area contributed by atoms with Crippen molar-refractivity contribution in [2.45, 2.75) is 38.7 Å². The zero-order chi connectivity index (χ0) is 19.2. The van der Waals surface area contributed by atoms with Crippen LogP contribution in [-0.4, -0.2) is 35.5 Å². The minimum atomic E-state index is -0.637. The maximum Gasteiger partial charge on any atom is 0.257 e. The predicted octanol–water partition coefficient (Wildman–Crippen LogP) is 2.84. The second-order valence-electron chi connectivity index (χ2n) is 8.41. The van der Waals surface area contributed by atoms with Gasteiger partial charge in [-0.15, -0.1) is 0 Å². The highest BCUT2D eigenvalue weighted by Gasteiger charge is 2.36. The molecular formula is C21H25NO5. The van der Waals surface area contributed by atoms with Crippen molar-refractivity contribution in [3.63, 3.8) is 0 Å². The molecule has 144 valence electrons. The normalized spacial score (nSPS) is 27.2. The molecule has 1 fully saturated rings. The summed E-state index contributed by atoms with van der Waals surface area (Å²) >= 11 is 0. The van der Waals surface area contributed by atoms with E-state index in [0.717, 1.165) is 6.42 Å². The maximum absolute atomic E-state index is 12.2. The van der Waals surface area contributed by atoms with Gasteiger partial charge in [-0.3, -0.25) is 9.59 Å².